The molecule has 11 atom stereocenters. The summed E-state index contributed by atoms with van der Waals surface area (Å²) in [6, 6.07) is 0.535. The van der Waals surface area contributed by atoms with Gasteiger partial charge in [0.1, 0.15) is 6.10 Å². The molecule has 11 unspecified atom stereocenters. The quantitative estimate of drug-likeness (QED) is 0.434. The van der Waals surface area contributed by atoms with Crippen LogP contribution in [0.4, 0.5) is 0 Å². The van der Waals surface area contributed by atoms with Gasteiger partial charge in [-0.1, -0.05) is 39.3 Å². The first-order valence-electron chi connectivity index (χ1n) is 13.9. The van der Waals surface area contributed by atoms with Crippen molar-refractivity contribution in [2.75, 3.05) is 6.54 Å². The van der Waals surface area contributed by atoms with Gasteiger partial charge >= 0.3 is 5.97 Å². The predicted octanol–water partition coefficient (Wildman–Crippen LogP) is 5.49. The molecule has 186 valence electrons. The fourth-order valence-corrected chi connectivity index (χ4v) is 9.66. The monoisotopic (exact) mass is 457 g/mol. The normalized spacial score (nSPS) is 50.4. The Labute approximate surface area is 201 Å². The van der Waals surface area contributed by atoms with Crippen molar-refractivity contribution in [3.8, 4) is 0 Å². The molecule has 5 rings (SSSR count). The summed E-state index contributed by atoms with van der Waals surface area (Å²) >= 11 is 0. The van der Waals surface area contributed by atoms with Gasteiger partial charge in [0.15, 0.2) is 0 Å². The molecule has 0 amide bonds. The Bertz CT molecular complexity index is 786. The van der Waals surface area contributed by atoms with Crippen LogP contribution in [0.5, 0.6) is 0 Å². The molecule has 3 saturated carbocycles. The standard InChI is InChI=1S/C29H47NO3/c1-17-6-9-25(30-16-17)18(2)27-26(33-19(3)31)15-24-22-8-7-20-14-21(32)10-12-28(20,4)23(22)11-13-29(24,27)5/h7,17-18,21-27,30,32H,6,8-16H2,1-5H3. The van der Waals surface area contributed by atoms with Crippen molar-refractivity contribution >= 4 is 5.97 Å². The van der Waals surface area contributed by atoms with Gasteiger partial charge in [0.05, 0.1) is 6.10 Å². The maximum atomic E-state index is 12.2. The van der Waals surface area contributed by atoms with Gasteiger partial charge in [-0.05, 0) is 105 Å². The number of hydrogen-bond acceptors (Lipinski definition) is 4. The van der Waals surface area contributed by atoms with Crippen LogP contribution >= 0.6 is 0 Å². The van der Waals surface area contributed by atoms with E-state index in [1.807, 2.05) is 0 Å². The molecular formula is C29H47NO3. The number of carbonyl (C=O) groups is 1. The van der Waals surface area contributed by atoms with E-state index in [1.165, 1.54) is 31.3 Å². The topological polar surface area (TPSA) is 58.6 Å². The second-order valence-electron chi connectivity index (χ2n) is 13.2. The summed E-state index contributed by atoms with van der Waals surface area (Å²) in [5, 5.41) is 14.2. The van der Waals surface area contributed by atoms with E-state index in [4.69, 9.17) is 4.74 Å². The van der Waals surface area contributed by atoms with E-state index >= 15 is 0 Å². The number of ether oxygens (including phenoxy) is 1. The van der Waals surface area contributed by atoms with E-state index in [1.54, 1.807) is 6.92 Å². The number of fused-ring (bicyclic) bond motifs is 5. The van der Waals surface area contributed by atoms with Crippen LogP contribution in [0.2, 0.25) is 0 Å². The lowest BCUT2D eigenvalue weighted by Crippen LogP contribution is -2.53. The Morgan fingerprint density at radius 3 is 2.67 bits per heavy atom. The summed E-state index contributed by atoms with van der Waals surface area (Å²) < 4.78 is 6.12. The Balaban J connectivity index is 1.44. The molecule has 0 spiro atoms. The fraction of sp³-hybridized carbons (Fsp3) is 0.897. The molecule has 4 heteroatoms. The Morgan fingerprint density at radius 1 is 1.18 bits per heavy atom. The highest BCUT2D eigenvalue weighted by atomic mass is 16.5. The average Bonchev–Trinajstić information content (AvgIpc) is 3.05. The molecule has 0 aromatic heterocycles. The predicted molar refractivity (Wildman–Crippen MR) is 131 cm³/mol. The van der Waals surface area contributed by atoms with Crippen LogP contribution in [0.1, 0.15) is 92.4 Å². The highest BCUT2D eigenvalue weighted by molar-refractivity contribution is 5.66. The summed E-state index contributed by atoms with van der Waals surface area (Å²) in [6.45, 7) is 12.5. The van der Waals surface area contributed by atoms with E-state index < -0.39 is 0 Å². The zero-order chi connectivity index (χ0) is 23.5. The summed E-state index contributed by atoms with van der Waals surface area (Å²) in [4.78, 5) is 12.2. The first kappa shape index (κ1) is 23.9. The molecule has 4 nitrogen and oxygen atoms in total. The Morgan fingerprint density at radius 2 is 1.97 bits per heavy atom. The lowest BCUT2D eigenvalue weighted by atomic mass is 9.47. The van der Waals surface area contributed by atoms with Crippen LogP contribution in [0.3, 0.4) is 0 Å². The van der Waals surface area contributed by atoms with Crippen molar-refractivity contribution in [1.82, 2.24) is 5.32 Å². The van der Waals surface area contributed by atoms with Crippen LogP contribution in [0, 0.1) is 46.3 Å². The number of allylic oxidation sites excluding steroid dienone is 1. The zero-order valence-electron chi connectivity index (χ0n) is 21.6. The van der Waals surface area contributed by atoms with E-state index in [9.17, 15) is 9.90 Å². The van der Waals surface area contributed by atoms with Gasteiger partial charge in [0.2, 0.25) is 0 Å². The van der Waals surface area contributed by atoms with E-state index in [0.717, 1.165) is 44.6 Å². The first-order chi connectivity index (χ1) is 15.6. The van der Waals surface area contributed by atoms with Crippen molar-refractivity contribution in [3.63, 3.8) is 0 Å². The summed E-state index contributed by atoms with van der Waals surface area (Å²) in [5.41, 5.74) is 2.03. The molecule has 0 bridgehead atoms. The van der Waals surface area contributed by atoms with Gasteiger partial charge < -0.3 is 15.2 Å². The maximum absolute atomic E-state index is 12.2. The third-order valence-corrected chi connectivity index (χ3v) is 11.4. The van der Waals surface area contributed by atoms with Gasteiger partial charge in [-0.3, -0.25) is 4.79 Å². The van der Waals surface area contributed by atoms with Gasteiger partial charge in [-0.2, -0.15) is 0 Å². The van der Waals surface area contributed by atoms with Crippen LogP contribution in [-0.2, 0) is 9.53 Å². The molecule has 4 aliphatic carbocycles. The molecule has 2 N–H and O–H groups in total. The molecular weight excluding hydrogens is 410 g/mol. The van der Waals surface area contributed by atoms with Gasteiger partial charge in [-0.25, -0.2) is 0 Å². The van der Waals surface area contributed by atoms with E-state index in [-0.39, 0.29) is 29.0 Å². The minimum atomic E-state index is -0.148. The van der Waals surface area contributed by atoms with Crippen molar-refractivity contribution in [2.24, 2.45) is 46.3 Å². The molecule has 0 aromatic rings. The van der Waals surface area contributed by atoms with Crippen LogP contribution in [-0.4, -0.2) is 35.9 Å². The highest BCUT2D eigenvalue weighted by Gasteiger charge is 2.63. The zero-order valence-corrected chi connectivity index (χ0v) is 21.6. The summed E-state index contributed by atoms with van der Waals surface area (Å²) in [7, 11) is 0. The van der Waals surface area contributed by atoms with Gasteiger partial charge in [-0.15, -0.1) is 0 Å². The number of aliphatic hydroxyl groups excluding tert-OH is 1. The number of nitrogens with one attached hydrogen (secondary N) is 1. The molecule has 33 heavy (non-hydrogen) atoms. The second kappa shape index (κ2) is 8.66. The van der Waals surface area contributed by atoms with Crippen molar-refractivity contribution in [1.29, 1.82) is 0 Å². The van der Waals surface area contributed by atoms with Crippen molar-refractivity contribution in [2.45, 2.75) is 111 Å². The maximum Gasteiger partial charge on any atom is 0.302 e. The van der Waals surface area contributed by atoms with Crippen molar-refractivity contribution < 1.29 is 14.6 Å². The minimum absolute atomic E-state index is 0.0544. The lowest BCUT2D eigenvalue weighted by Gasteiger charge is -2.58. The van der Waals surface area contributed by atoms with Crippen LogP contribution < -0.4 is 5.32 Å². The number of piperidine rings is 1. The summed E-state index contributed by atoms with van der Waals surface area (Å²) in [6.07, 6.45) is 12.6. The number of rotatable bonds is 3. The molecule has 1 aliphatic heterocycles. The average molecular weight is 458 g/mol. The lowest BCUT2D eigenvalue weighted by molar-refractivity contribution is -0.151. The minimum Gasteiger partial charge on any atom is -0.462 e. The second-order valence-corrected chi connectivity index (χ2v) is 13.2. The first-order valence-corrected chi connectivity index (χ1v) is 13.9. The van der Waals surface area contributed by atoms with Gasteiger partial charge in [0, 0.05) is 18.9 Å². The number of hydrogen-bond donors (Lipinski definition) is 2. The van der Waals surface area contributed by atoms with E-state index in [2.05, 4.69) is 39.1 Å². The van der Waals surface area contributed by atoms with Crippen molar-refractivity contribution in [3.05, 3.63) is 11.6 Å². The molecule has 1 saturated heterocycles. The molecule has 0 radical (unpaired) electrons. The molecule has 5 aliphatic rings. The Kier molecular flexibility index (Phi) is 6.26. The smallest absolute Gasteiger partial charge is 0.302 e. The molecule has 0 aromatic carbocycles. The number of carbonyl (C=O) groups excluding carboxylic acids is 1. The largest absolute Gasteiger partial charge is 0.462 e. The van der Waals surface area contributed by atoms with E-state index in [0.29, 0.717) is 35.6 Å². The fourth-order valence-electron chi connectivity index (χ4n) is 9.66. The third kappa shape index (κ3) is 3.92. The summed E-state index contributed by atoms with van der Waals surface area (Å²) in [5.74, 6) is 3.62. The Hall–Kier alpha value is -0.870. The van der Waals surface area contributed by atoms with Gasteiger partial charge in [0.25, 0.3) is 0 Å². The number of aliphatic hydroxyl groups is 1. The molecule has 1 heterocycles. The highest BCUT2D eigenvalue weighted by Crippen LogP contribution is 2.67. The van der Waals surface area contributed by atoms with Crippen LogP contribution in [0.25, 0.3) is 0 Å². The molecule has 4 fully saturated rings. The SMILES string of the molecule is CC(=O)OC1CC2C3CC=C4CC(O)CCC4(C)C3CCC2(C)C1C(C)C1CCC(C)CN1. The number of esters is 1. The third-order valence-electron chi connectivity index (χ3n) is 11.4. The van der Waals surface area contributed by atoms with Crippen LogP contribution in [0.15, 0.2) is 11.6 Å².